The number of hydrogen-bond acceptors (Lipinski definition) is 5. The van der Waals surface area contributed by atoms with Crippen molar-refractivity contribution >= 4 is 15.9 Å². The van der Waals surface area contributed by atoms with E-state index in [1.807, 2.05) is 26.0 Å². The Morgan fingerprint density at radius 3 is 2.59 bits per heavy atom. The lowest BCUT2D eigenvalue weighted by Crippen LogP contribution is -2.42. The zero-order valence-electron chi connectivity index (χ0n) is 17.0. The van der Waals surface area contributed by atoms with Gasteiger partial charge in [0.25, 0.3) is 0 Å². The maximum atomic E-state index is 12.9. The number of benzene rings is 1. The topological polar surface area (TPSA) is 88.6 Å². The molecular formula is C21H27N3O4S. The number of nitrogens with zero attached hydrogens (tertiary/aromatic N) is 2. The van der Waals surface area contributed by atoms with Crippen LogP contribution in [0, 0.1) is 19.8 Å². The molecule has 2 heterocycles. The number of carbonyl (C=O) groups excluding carboxylic acids is 1. The van der Waals surface area contributed by atoms with Crippen molar-refractivity contribution in [1.82, 2.24) is 14.6 Å². The van der Waals surface area contributed by atoms with E-state index in [1.54, 1.807) is 31.5 Å². The Kier molecular flexibility index (Phi) is 6.54. The Labute approximate surface area is 172 Å². The molecule has 1 fully saturated rings. The second-order valence-electron chi connectivity index (χ2n) is 7.31. The summed E-state index contributed by atoms with van der Waals surface area (Å²) in [7, 11) is -2.00. The summed E-state index contributed by atoms with van der Waals surface area (Å²) >= 11 is 0. The molecule has 1 aliphatic heterocycles. The van der Waals surface area contributed by atoms with Crippen LogP contribution in [0.15, 0.2) is 41.4 Å². The highest BCUT2D eigenvalue weighted by Gasteiger charge is 2.32. The normalized spacial score (nSPS) is 15.8. The van der Waals surface area contributed by atoms with Crippen LogP contribution in [0.5, 0.6) is 5.88 Å². The third kappa shape index (κ3) is 4.76. The molecule has 0 saturated carbocycles. The third-order valence-electron chi connectivity index (χ3n) is 5.44. The van der Waals surface area contributed by atoms with E-state index in [2.05, 4.69) is 10.3 Å². The molecule has 7 nitrogen and oxygen atoms in total. The smallest absolute Gasteiger partial charge is 0.243 e. The zero-order chi connectivity index (χ0) is 21.0. The number of aromatic nitrogens is 1. The van der Waals surface area contributed by atoms with Gasteiger partial charge in [0.1, 0.15) is 0 Å². The molecule has 1 N–H and O–H groups in total. The number of pyridine rings is 1. The summed E-state index contributed by atoms with van der Waals surface area (Å²) in [4.78, 5) is 17.0. The number of rotatable bonds is 6. The van der Waals surface area contributed by atoms with Crippen LogP contribution in [0.2, 0.25) is 0 Å². The molecule has 3 rings (SSSR count). The largest absolute Gasteiger partial charge is 0.481 e. The predicted octanol–water partition coefficient (Wildman–Crippen LogP) is 2.42. The highest BCUT2D eigenvalue weighted by Crippen LogP contribution is 2.25. The highest BCUT2D eigenvalue weighted by atomic mass is 32.2. The van der Waals surface area contributed by atoms with Gasteiger partial charge in [0.2, 0.25) is 21.8 Å². The lowest BCUT2D eigenvalue weighted by molar-refractivity contribution is -0.126. The van der Waals surface area contributed by atoms with Gasteiger partial charge in [0.05, 0.1) is 12.0 Å². The third-order valence-corrected chi connectivity index (χ3v) is 7.33. The summed E-state index contributed by atoms with van der Waals surface area (Å²) in [6.45, 7) is 4.86. The zero-order valence-corrected chi connectivity index (χ0v) is 17.8. The molecule has 0 atom stereocenters. The van der Waals surface area contributed by atoms with E-state index in [0.717, 1.165) is 16.7 Å². The number of hydrogen-bond donors (Lipinski definition) is 1. The van der Waals surface area contributed by atoms with Crippen molar-refractivity contribution in [3.8, 4) is 5.88 Å². The Morgan fingerprint density at radius 2 is 1.93 bits per heavy atom. The molecule has 29 heavy (non-hydrogen) atoms. The molecule has 1 aromatic heterocycles. The molecule has 0 radical (unpaired) electrons. The van der Waals surface area contributed by atoms with Crippen LogP contribution in [0.1, 0.15) is 29.5 Å². The molecule has 1 saturated heterocycles. The van der Waals surface area contributed by atoms with Crippen LogP contribution in [-0.4, -0.2) is 43.8 Å². The summed E-state index contributed by atoms with van der Waals surface area (Å²) in [6.07, 6.45) is 2.63. The number of piperidine rings is 1. The first-order chi connectivity index (χ1) is 13.8. The molecule has 0 bridgehead atoms. The van der Waals surface area contributed by atoms with Gasteiger partial charge in [-0.25, -0.2) is 13.4 Å². The van der Waals surface area contributed by atoms with Crippen LogP contribution in [-0.2, 0) is 21.4 Å². The van der Waals surface area contributed by atoms with Crippen LogP contribution < -0.4 is 10.1 Å². The van der Waals surface area contributed by atoms with Gasteiger partial charge in [-0.1, -0.05) is 12.1 Å². The van der Waals surface area contributed by atoms with Gasteiger partial charge in [-0.3, -0.25) is 4.79 Å². The first-order valence-corrected chi connectivity index (χ1v) is 11.1. The summed E-state index contributed by atoms with van der Waals surface area (Å²) in [5.41, 5.74) is 2.81. The van der Waals surface area contributed by atoms with Crippen molar-refractivity contribution < 1.29 is 17.9 Å². The van der Waals surface area contributed by atoms with E-state index in [4.69, 9.17) is 4.74 Å². The molecule has 1 aromatic carbocycles. The summed E-state index contributed by atoms with van der Waals surface area (Å²) < 4.78 is 32.5. The van der Waals surface area contributed by atoms with Gasteiger partial charge in [-0.05, 0) is 56.0 Å². The summed E-state index contributed by atoms with van der Waals surface area (Å²) in [5.74, 6) is 0.213. The minimum atomic E-state index is -3.54. The first-order valence-electron chi connectivity index (χ1n) is 9.66. The van der Waals surface area contributed by atoms with Crippen molar-refractivity contribution in [3.05, 3.63) is 53.2 Å². The van der Waals surface area contributed by atoms with Gasteiger partial charge in [0.15, 0.2) is 0 Å². The van der Waals surface area contributed by atoms with E-state index in [9.17, 15) is 13.2 Å². The maximum Gasteiger partial charge on any atom is 0.243 e. The van der Waals surface area contributed by atoms with E-state index in [0.29, 0.717) is 43.3 Å². The number of ether oxygens (including phenoxy) is 1. The average molecular weight is 418 g/mol. The number of nitrogens with one attached hydrogen (secondary N) is 1. The van der Waals surface area contributed by atoms with Crippen molar-refractivity contribution in [1.29, 1.82) is 0 Å². The second-order valence-corrected chi connectivity index (χ2v) is 9.25. The fourth-order valence-electron chi connectivity index (χ4n) is 3.45. The van der Waals surface area contributed by atoms with Crippen LogP contribution in [0.25, 0.3) is 0 Å². The van der Waals surface area contributed by atoms with E-state index >= 15 is 0 Å². The fourth-order valence-corrected chi connectivity index (χ4v) is 5.01. The van der Waals surface area contributed by atoms with Gasteiger partial charge in [-0.2, -0.15) is 4.31 Å². The first kappa shape index (κ1) is 21.3. The Balaban J connectivity index is 1.58. The molecular weight excluding hydrogens is 390 g/mol. The SMILES string of the molecule is COc1ncccc1CNC(=O)C1CCN(S(=O)(=O)c2ccc(C)c(C)c2)CC1. The lowest BCUT2D eigenvalue weighted by atomic mass is 9.97. The second kappa shape index (κ2) is 8.92. The molecule has 1 aliphatic rings. The average Bonchev–Trinajstić information content (AvgIpc) is 2.74. The Hall–Kier alpha value is -2.45. The molecule has 2 aromatic rings. The van der Waals surface area contributed by atoms with Crippen molar-refractivity contribution in [2.24, 2.45) is 5.92 Å². The number of amides is 1. The number of aryl methyl sites for hydroxylation is 2. The van der Waals surface area contributed by atoms with Crippen molar-refractivity contribution in [3.63, 3.8) is 0 Å². The van der Waals surface area contributed by atoms with Crippen LogP contribution in [0.4, 0.5) is 0 Å². The van der Waals surface area contributed by atoms with Gasteiger partial charge in [0, 0.05) is 37.3 Å². The van der Waals surface area contributed by atoms with E-state index in [-0.39, 0.29) is 11.8 Å². The van der Waals surface area contributed by atoms with E-state index < -0.39 is 10.0 Å². The molecule has 156 valence electrons. The van der Waals surface area contributed by atoms with Gasteiger partial charge < -0.3 is 10.1 Å². The van der Waals surface area contributed by atoms with Crippen molar-refractivity contribution in [2.45, 2.75) is 38.1 Å². The van der Waals surface area contributed by atoms with Crippen LogP contribution in [0.3, 0.4) is 0 Å². The number of sulfonamides is 1. The molecule has 8 heteroatoms. The quantitative estimate of drug-likeness (QED) is 0.780. The maximum absolute atomic E-state index is 12.9. The standard InChI is InChI=1S/C21H27N3O4S/c1-15-6-7-19(13-16(15)2)29(26,27)24-11-8-17(9-12-24)20(25)23-14-18-5-4-10-22-21(18)28-3/h4-7,10,13,17H,8-9,11-12,14H2,1-3H3,(H,23,25). The lowest BCUT2D eigenvalue weighted by Gasteiger charge is -2.30. The predicted molar refractivity (Wildman–Crippen MR) is 110 cm³/mol. The Bertz CT molecular complexity index is 983. The molecule has 0 unspecified atom stereocenters. The Morgan fingerprint density at radius 1 is 1.21 bits per heavy atom. The van der Waals surface area contributed by atoms with E-state index in [1.165, 1.54) is 4.31 Å². The summed E-state index contributed by atoms with van der Waals surface area (Å²) in [6, 6.07) is 8.84. The fraction of sp³-hybridized carbons (Fsp3) is 0.429. The minimum absolute atomic E-state index is 0.0702. The number of methoxy groups -OCH3 is 1. The van der Waals surface area contributed by atoms with Gasteiger partial charge >= 0.3 is 0 Å². The minimum Gasteiger partial charge on any atom is -0.481 e. The molecule has 1 amide bonds. The highest BCUT2D eigenvalue weighted by molar-refractivity contribution is 7.89. The van der Waals surface area contributed by atoms with Gasteiger partial charge in [-0.15, -0.1) is 0 Å². The molecule has 0 spiro atoms. The van der Waals surface area contributed by atoms with Crippen LogP contribution >= 0.6 is 0 Å². The summed E-state index contributed by atoms with van der Waals surface area (Å²) in [5, 5.41) is 2.92. The molecule has 0 aliphatic carbocycles. The van der Waals surface area contributed by atoms with Crippen molar-refractivity contribution in [2.75, 3.05) is 20.2 Å². The monoisotopic (exact) mass is 417 g/mol. The number of carbonyl (C=O) groups is 1.